The first-order valence-corrected chi connectivity index (χ1v) is 4.75. The van der Waals surface area contributed by atoms with Gasteiger partial charge in [-0.2, -0.15) is 0 Å². The van der Waals surface area contributed by atoms with E-state index >= 15 is 0 Å². The molecule has 0 bridgehead atoms. The number of unbranched alkanes of at least 4 members (excludes halogenated alkanes) is 1. The van der Waals surface area contributed by atoms with Crippen molar-refractivity contribution in [1.29, 1.82) is 5.41 Å². The van der Waals surface area contributed by atoms with Gasteiger partial charge in [0.25, 0.3) is 5.96 Å². The van der Waals surface area contributed by atoms with E-state index in [0.29, 0.717) is 0 Å². The maximum atomic E-state index is 7.89. The van der Waals surface area contributed by atoms with Gasteiger partial charge < -0.3 is 4.90 Å². The normalized spacial score (nSPS) is 29.9. The summed E-state index contributed by atoms with van der Waals surface area (Å²) in [7, 11) is 4.18. The van der Waals surface area contributed by atoms with E-state index in [-0.39, 0.29) is 0 Å². The Morgan fingerprint density at radius 2 is 2.25 bits per heavy atom. The van der Waals surface area contributed by atoms with E-state index in [4.69, 9.17) is 5.41 Å². The highest BCUT2D eigenvalue weighted by Gasteiger charge is 2.36. The van der Waals surface area contributed by atoms with Crippen LogP contribution in [0.2, 0.25) is 0 Å². The Morgan fingerprint density at radius 1 is 1.58 bits per heavy atom. The summed E-state index contributed by atoms with van der Waals surface area (Å²) in [5, 5.41) is 7.89. The van der Waals surface area contributed by atoms with Crippen molar-refractivity contribution in [2.24, 2.45) is 0 Å². The Morgan fingerprint density at radius 3 is 2.67 bits per heavy atom. The molecular weight excluding hydrogens is 150 g/mol. The number of hydrogen-bond donors (Lipinski definition) is 1. The lowest BCUT2D eigenvalue weighted by Gasteiger charge is -2.27. The Balaban J connectivity index is 2.54. The fraction of sp³-hybridized carbons (Fsp3) is 0.889. The summed E-state index contributed by atoms with van der Waals surface area (Å²) in [6.07, 6.45) is 2.46. The predicted octanol–water partition coefficient (Wildman–Crippen LogP) is 1.11. The van der Waals surface area contributed by atoms with Gasteiger partial charge in [-0.15, -0.1) is 0 Å². The smallest absolute Gasteiger partial charge is 0.297 e. The topological polar surface area (TPSA) is 27.1 Å². The Kier molecular flexibility index (Phi) is 2.73. The number of quaternary nitrogens is 1. The van der Waals surface area contributed by atoms with Crippen molar-refractivity contribution >= 4 is 5.96 Å². The standard InChI is InChI=1S/C9H20N3/c1-4-5-7-12(3)8-6-11(2)9(12)10/h10H,4-8H2,1-3H3/q+1. The molecule has 0 aromatic heterocycles. The zero-order chi connectivity index (χ0) is 9.19. The highest BCUT2D eigenvalue weighted by molar-refractivity contribution is 5.70. The summed E-state index contributed by atoms with van der Waals surface area (Å²) >= 11 is 0. The Labute approximate surface area is 75.1 Å². The second kappa shape index (κ2) is 3.44. The summed E-state index contributed by atoms with van der Waals surface area (Å²) in [5.74, 6) is 0.781. The highest BCUT2D eigenvalue weighted by atomic mass is 15.5. The van der Waals surface area contributed by atoms with Crippen LogP contribution >= 0.6 is 0 Å². The van der Waals surface area contributed by atoms with Crippen molar-refractivity contribution < 1.29 is 4.48 Å². The number of likely N-dealkylation sites (N-methyl/N-ethyl adjacent to an activating group) is 2. The largest absolute Gasteiger partial charge is 0.309 e. The fourth-order valence-corrected chi connectivity index (χ4v) is 1.72. The number of nitrogens with zero attached hydrogens (tertiary/aromatic N) is 2. The third-order valence-electron chi connectivity index (χ3n) is 2.81. The molecule has 70 valence electrons. The molecule has 3 nitrogen and oxygen atoms in total. The third-order valence-corrected chi connectivity index (χ3v) is 2.81. The molecule has 0 radical (unpaired) electrons. The molecule has 1 fully saturated rings. The minimum absolute atomic E-state index is 0.781. The lowest BCUT2D eigenvalue weighted by molar-refractivity contribution is -0.815. The van der Waals surface area contributed by atoms with Gasteiger partial charge in [0.2, 0.25) is 0 Å². The third kappa shape index (κ3) is 1.61. The molecule has 1 aliphatic rings. The van der Waals surface area contributed by atoms with Crippen molar-refractivity contribution in [3.63, 3.8) is 0 Å². The lowest BCUT2D eigenvalue weighted by Crippen LogP contribution is -2.47. The molecule has 12 heavy (non-hydrogen) atoms. The second-order valence-corrected chi connectivity index (χ2v) is 3.94. The molecular formula is C9H20N3+. The van der Waals surface area contributed by atoms with E-state index in [1.54, 1.807) is 0 Å². The van der Waals surface area contributed by atoms with Gasteiger partial charge in [0.05, 0.1) is 20.1 Å². The van der Waals surface area contributed by atoms with Crippen LogP contribution in [0.15, 0.2) is 0 Å². The molecule has 0 aromatic carbocycles. The van der Waals surface area contributed by atoms with E-state index in [0.717, 1.165) is 30.1 Å². The molecule has 0 aromatic rings. The van der Waals surface area contributed by atoms with Crippen LogP contribution in [-0.4, -0.2) is 49.1 Å². The van der Waals surface area contributed by atoms with Crippen LogP contribution in [0, 0.1) is 5.41 Å². The van der Waals surface area contributed by atoms with Gasteiger partial charge in [-0.05, 0) is 6.42 Å². The molecule has 3 heteroatoms. The number of nitrogens with one attached hydrogen (secondary N) is 1. The van der Waals surface area contributed by atoms with Crippen molar-refractivity contribution in [2.75, 3.05) is 33.7 Å². The molecule has 1 aliphatic heterocycles. The van der Waals surface area contributed by atoms with E-state index < -0.39 is 0 Å². The molecule has 0 spiro atoms. The van der Waals surface area contributed by atoms with Gasteiger partial charge in [0, 0.05) is 7.05 Å². The lowest BCUT2D eigenvalue weighted by atomic mass is 10.3. The Bertz CT molecular complexity index is 179. The predicted molar refractivity (Wildman–Crippen MR) is 51.2 cm³/mol. The Hall–Kier alpha value is -0.570. The molecule has 0 aliphatic carbocycles. The van der Waals surface area contributed by atoms with Crippen LogP contribution in [0.25, 0.3) is 0 Å². The van der Waals surface area contributed by atoms with E-state index in [2.05, 4.69) is 18.9 Å². The van der Waals surface area contributed by atoms with Gasteiger partial charge in [-0.1, -0.05) is 13.3 Å². The van der Waals surface area contributed by atoms with Gasteiger partial charge in [-0.3, -0.25) is 4.48 Å². The molecule has 1 atom stereocenters. The average Bonchev–Trinajstić information content (AvgIpc) is 2.31. The van der Waals surface area contributed by atoms with Crippen molar-refractivity contribution in [1.82, 2.24) is 4.90 Å². The zero-order valence-corrected chi connectivity index (χ0v) is 8.43. The molecule has 1 N–H and O–H groups in total. The minimum atomic E-state index is 0.781. The summed E-state index contributed by atoms with van der Waals surface area (Å²) < 4.78 is 0.838. The van der Waals surface area contributed by atoms with Crippen LogP contribution in [-0.2, 0) is 0 Å². The molecule has 0 amide bonds. The van der Waals surface area contributed by atoms with Crippen LogP contribution in [0.5, 0.6) is 0 Å². The average molecular weight is 170 g/mol. The molecule has 1 rings (SSSR count). The molecule has 0 saturated carbocycles. The first kappa shape index (κ1) is 9.52. The van der Waals surface area contributed by atoms with Crippen molar-refractivity contribution in [3.8, 4) is 0 Å². The summed E-state index contributed by atoms with van der Waals surface area (Å²) in [6, 6.07) is 0. The second-order valence-electron chi connectivity index (χ2n) is 3.94. The quantitative estimate of drug-likeness (QED) is 0.631. The number of hydrogen-bond acceptors (Lipinski definition) is 1. The van der Waals surface area contributed by atoms with Gasteiger partial charge in [0.15, 0.2) is 0 Å². The molecule has 1 saturated heterocycles. The number of rotatable bonds is 3. The van der Waals surface area contributed by atoms with Crippen molar-refractivity contribution in [3.05, 3.63) is 0 Å². The number of guanidine groups is 1. The van der Waals surface area contributed by atoms with Crippen LogP contribution in [0.4, 0.5) is 0 Å². The van der Waals surface area contributed by atoms with Crippen LogP contribution < -0.4 is 0 Å². The molecule has 1 heterocycles. The first-order chi connectivity index (χ1) is 5.60. The van der Waals surface area contributed by atoms with Crippen LogP contribution in [0.1, 0.15) is 19.8 Å². The monoisotopic (exact) mass is 170 g/mol. The highest BCUT2D eigenvalue weighted by Crippen LogP contribution is 2.15. The maximum absolute atomic E-state index is 7.89. The van der Waals surface area contributed by atoms with Gasteiger partial charge in [0.1, 0.15) is 6.54 Å². The van der Waals surface area contributed by atoms with E-state index in [9.17, 15) is 0 Å². The zero-order valence-electron chi connectivity index (χ0n) is 8.43. The van der Waals surface area contributed by atoms with Gasteiger partial charge >= 0.3 is 0 Å². The minimum Gasteiger partial charge on any atom is -0.309 e. The van der Waals surface area contributed by atoms with E-state index in [1.807, 2.05) is 7.05 Å². The van der Waals surface area contributed by atoms with Crippen LogP contribution in [0.3, 0.4) is 0 Å². The van der Waals surface area contributed by atoms with Gasteiger partial charge in [-0.25, -0.2) is 5.41 Å². The first-order valence-electron chi connectivity index (χ1n) is 4.75. The summed E-state index contributed by atoms with van der Waals surface area (Å²) in [5.41, 5.74) is 0. The summed E-state index contributed by atoms with van der Waals surface area (Å²) in [4.78, 5) is 2.05. The maximum Gasteiger partial charge on any atom is 0.297 e. The molecule has 1 unspecified atom stereocenters. The fourth-order valence-electron chi connectivity index (χ4n) is 1.72. The SMILES string of the molecule is CCCC[N+]1(C)CCN(C)C1=N. The van der Waals surface area contributed by atoms with Crippen molar-refractivity contribution in [2.45, 2.75) is 19.8 Å². The van der Waals surface area contributed by atoms with E-state index in [1.165, 1.54) is 12.8 Å². The summed E-state index contributed by atoms with van der Waals surface area (Å²) in [6.45, 7) is 5.48.